The van der Waals surface area contributed by atoms with Crippen molar-refractivity contribution >= 4 is 5.91 Å². The van der Waals surface area contributed by atoms with Crippen LogP contribution < -0.4 is 5.48 Å². The maximum atomic E-state index is 12.0. The summed E-state index contributed by atoms with van der Waals surface area (Å²) in [7, 11) is 0. The Labute approximate surface area is 240 Å². The molecule has 0 spiro atoms. The standard InChI is InChI=1S/C36H49NO3/c1-24(9-18-33(38)37-40)30-16-17-31-29-15-14-28-23-36(39,22-21-34(28,2)32(29)19-20-35(30,31)3)27-12-10-26(11-13-27)25-7-5-4-6-8-25/h4-8,10-13,24,28-32,39-40H,9,14-23H2,1-3H3,(H,37,38)/t24-,28-,29+,30-,31+,32+,34+,35-,36+/m1/s1. The molecule has 4 aliphatic rings. The number of amides is 1. The van der Waals surface area contributed by atoms with E-state index in [9.17, 15) is 9.90 Å². The molecule has 216 valence electrons. The van der Waals surface area contributed by atoms with E-state index in [1.165, 1.54) is 49.7 Å². The highest BCUT2D eigenvalue weighted by molar-refractivity contribution is 5.74. The van der Waals surface area contributed by atoms with E-state index in [0.29, 0.717) is 35.0 Å². The Morgan fingerprint density at radius 1 is 0.875 bits per heavy atom. The van der Waals surface area contributed by atoms with Gasteiger partial charge in [-0.25, -0.2) is 5.48 Å². The lowest BCUT2D eigenvalue weighted by molar-refractivity contribution is -0.154. The maximum Gasteiger partial charge on any atom is 0.243 e. The van der Waals surface area contributed by atoms with Crippen molar-refractivity contribution in [2.45, 2.75) is 97.0 Å². The Morgan fingerprint density at radius 2 is 1.57 bits per heavy atom. The molecule has 0 radical (unpaired) electrons. The lowest BCUT2D eigenvalue weighted by Crippen LogP contribution is -2.55. The third-order valence-corrected chi connectivity index (χ3v) is 13.0. The van der Waals surface area contributed by atoms with Crippen molar-refractivity contribution < 1.29 is 15.1 Å². The minimum Gasteiger partial charge on any atom is -0.385 e. The number of carbonyl (C=O) groups is 1. The van der Waals surface area contributed by atoms with E-state index in [2.05, 4.69) is 75.4 Å². The molecule has 1 amide bonds. The fraction of sp³-hybridized carbons (Fsp3) is 0.639. The third kappa shape index (κ3) is 4.64. The summed E-state index contributed by atoms with van der Waals surface area (Å²) in [6.07, 6.45) is 11.9. The number of fused-ring (bicyclic) bond motifs is 5. The lowest BCUT2D eigenvalue weighted by atomic mass is 9.43. The highest BCUT2D eigenvalue weighted by Gasteiger charge is 2.61. The van der Waals surface area contributed by atoms with Crippen molar-refractivity contribution in [3.8, 4) is 11.1 Å². The Kier molecular flexibility index (Phi) is 7.40. The molecule has 0 aliphatic heterocycles. The van der Waals surface area contributed by atoms with E-state index in [4.69, 9.17) is 5.21 Å². The van der Waals surface area contributed by atoms with Crippen molar-refractivity contribution in [1.82, 2.24) is 5.48 Å². The molecule has 0 heterocycles. The van der Waals surface area contributed by atoms with Crippen LogP contribution in [-0.4, -0.2) is 16.2 Å². The SMILES string of the molecule is C[C@H](CCC(=O)NO)[C@H]1CC[C@H]2[C@@H]3CC[C@@H]4C[C@](O)(c5ccc(-c6ccccc6)cc5)CC[C@]4(C)[C@H]3CC[C@]12C. The van der Waals surface area contributed by atoms with Gasteiger partial charge in [-0.05, 0) is 127 Å². The van der Waals surface area contributed by atoms with Gasteiger partial charge in [0.25, 0.3) is 0 Å². The second-order valence-electron chi connectivity index (χ2n) is 14.6. The molecular formula is C36H49NO3. The molecule has 0 unspecified atom stereocenters. The van der Waals surface area contributed by atoms with E-state index in [1.54, 1.807) is 0 Å². The molecule has 9 atom stereocenters. The first kappa shape index (κ1) is 28.0. The van der Waals surface area contributed by atoms with Crippen molar-refractivity contribution in [2.75, 3.05) is 0 Å². The summed E-state index contributed by atoms with van der Waals surface area (Å²) in [6.45, 7) is 7.49. The lowest BCUT2D eigenvalue weighted by Gasteiger charge is -2.62. The quantitative estimate of drug-likeness (QED) is 0.254. The van der Waals surface area contributed by atoms with Crippen molar-refractivity contribution in [2.24, 2.45) is 46.3 Å². The average molecular weight is 544 g/mol. The molecule has 0 saturated heterocycles. The summed E-state index contributed by atoms with van der Waals surface area (Å²) in [6, 6.07) is 19.2. The maximum absolute atomic E-state index is 12.0. The van der Waals surface area contributed by atoms with Gasteiger partial charge in [0.15, 0.2) is 0 Å². The molecule has 6 rings (SSSR count). The zero-order valence-corrected chi connectivity index (χ0v) is 24.7. The van der Waals surface area contributed by atoms with Gasteiger partial charge >= 0.3 is 0 Å². The molecule has 2 aromatic carbocycles. The van der Waals surface area contributed by atoms with Gasteiger partial charge in [0, 0.05) is 6.42 Å². The molecule has 0 bridgehead atoms. The molecular weight excluding hydrogens is 494 g/mol. The molecule has 4 aliphatic carbocycles. The number of carbonyl (C=O) groups excluding carboxylic acids is 1. The molecule has 0 aromatic heterocycles. The highest BCUT2D eigenvalue weighted by Crippen LogP contribution is 2.69. The van der Waals surface area contributed by atoms with E-state index < -0.39 is 5.60 Å². The summed E-state index contributed by atoms with van der Waals surface area (Å²) in [5.41, 5.74) is 5.31. The minimum absolute atomic E-state index is 0.258. The summed E-state index contributed by atoms with van der Waals surface area (Å²) >= 11 is 0. The smallest absolute Gasteiger partial charge is 0.243 e. The summed E-state index contributed by atoms with van der Waals surface area (Å²) < 4.78 is 0. The van der Waals surface area contributed by atoms with Crippen LogP contribution in [0.15, 0.2) is 54.6 Å². The van der Waals surface area contributed by atoms with E-state index >= 15 is 0 Å². The first-order valence-electron chi connectivity index (χ1n) is 16.0. The Morgan fingerprint density at radius 3 is 2.30 bits per heavy atom. The van der Waals surface area contributed by atoms with E-state index in [1.807, 2.05) is 5.48 Å². The Hall–Kier alpha value is -2.17. The molecule has 4 fully saturated rings. The molecule has 2 aromatic rings. The second kappa shape index (κ2) is 10.6. The summed E-state index contributed by atoms with van der Waals surface area (Å²) in [5, 5.41) is 20.9. The van der Waals surface area contributed by atoms with Gasteiger partial charge < -0.3 is 5.11 Å². The van der Waals surface area contributed by atoms with E-state index in [0.717, 1.165) is 49.0 Å². The number of hydroxylamine groups is 1. The van der Waals surface area contributed by atoms with Crippen LogP contribution in [0.25, 0.3) is 11.1 Å². The minimum atomic E-state index is -0.718. The zero-order chi connectivity index (χ0) is 28.1. The molecule has 4 saturated carbocycles. The Bertz CT molecular complexity index is 1200. The largest absolute Gasteiger partial charge is 0.385 e. The number of benzene rings is 2. The number of rotatable bonds is 6. The monoisotopic (exact) mass is 543 g/mol. The van der Waals surface area contributed by atoms with Gasteiger partial charge in [0.05, 0.1) is 5.60 Å². The molecule has 3 N–H and O–H groups in total. The first-order valence-corrected chi connectivity index (χ1v) is 16.0. The van der Waals surface area contributed by atoms with Crippen LogP contribution >= 0.6 is 0 Å². The predicted octanol–water partition coefficient (Wildman–Crippen LogP) is 8.12. The number of hydrogen-bond acceptors (Lipinski definition) is 3. The van der Waals surface area contributed by atoms with Crippen molar-refractivity contribution in [3.63, 3.8) is 0 Å². The second-order valence-corrected chi connectivity index (χ2v) is 14.6. The summed E-state index contributed by atoms with van der Waals surface area (Å²) in [5.74, 6) is 3.86. The summed E-state index contributed by atoms with van der Waals surface area (Å²) in [4.78, 5) is 11.7. The van der Waals surface area contributed by atoms with Gasteiger partial charge in [-0.3, -0.25) is 10.0 Å². The van der Waals surface area contributed by atoms with Crippen LogP contribution in [0, 0.1) is 46.3 Å². The van der Waals surface area contributed by atoms with Crippen molar-refractivity contribution in [3.05, 3.63) is 60.2 Å². The fourth-order valence-electron chi connectivity index (χ4n) is 10.7. The van der Waals surface area contributed by atoms with Crippen LogP contribution in [0.5, 0.6) is 0 Å². The van der Waals surface area contributed by atoms with Gasteiger partial charge in [0.2, 0.25) is 5.91 Å². The molecule has 4 heteroatoms. The average Bonchev–Trinajstić information content (AvgIpc) is 3.34. The van der Waals surface area contributed by atoms with Gasteiger partial charge in [-0.15, -0.1) is 0 Å². The fourth-order valence-corrected chi connectivity index (χ4v) is 10.7. The number of hydrogen-bond donors (Lipinski definition) is 3. The first-order chi connectivity index (χ1) is 19.2. The van der Waals surface area contributed by atoms with E-state index in [-0.39, 0.29) is 5.91 Å². The van der Waals surface area contributed by atoms with Crippen LogP contribution in [0.1, 0.15) is 97.0 Å². The third-order valence-electron chi connectivity index (χ3n) is 13.0. The van der Waals surface area contributed by atoms with Crippen molar-refractivity contribution in [1.29, 1.82) is 0 Å². The van der Waals surface area contributed by atoms with Crippen LogP contribution in [0.3, 0.4) is 0 Å². The van der Waals surface area contributed by atoms with Crippen LogP contribution in [0.4, 0.5) is 0 Å². The normalized spacial score (nSPS) is 39.5. The van der Waals surface area contributed by atoms with Crippen LogP contribution in [-0.2, 0) is 10.4 Å². The number of aliphatic hydroxyl groups is 1. The van der Waals surface area contributed by atoms with Gasteiger partial charge in [-0.1, -0.05) is 75.4 Å². The zero-order valence-electron chi connectivity index (χ0n) is 24.7. The number of nitrogens with one attached hydrogen (secondary N) is 1. The molecule has 40 heavy (non-hydrogen) atoms. The molecule has 4 nitrogen and oxygen atoms in total. The predicted molar refractivity (Wildman–Crippen MR) is 159 cm³/mol. The Balaban J connectivity index is 1.15. The van der Waals surface area contributed by atoms with Gasteiger partial charge in [-0.2, -0.15) is 0 Å². The highest BCUT2D eigenvalue weighted by atomic mass is 16.5. The van der Waals surface area contributed by atoms with Gasteiger partial charge in [0.1, 0.15) is 0 Å². The van der Waals surface area contributed by atoms with Crippen LogP contribution in [0.2, 0.25) is 0 Å². The topological polar surface area (TPSA) is 69.6 Å².